The Labute approximate surface area is 64.2 Å². The Hall–Kier alpha value is -0.640. The van der Waals surface area contributed by atoms with Crippen LogP contribution >= 0.6 is 11.5 Å². The van der Waals surface area contributed by atoms with Gasteiger partial charge in [0, 0.05) is 0 Å². The van der Waals surface area contributed by atoms with E-state index < -0.39 is 0 Å². The van der Waals surface area contributed by atoms with Crippen LogP contribution < -0.4 is 4.74 Å². The summed E-state index contributed by atoms with van der Waals surface area (Å²) in [7, 11) is 0. The van der Waals surface area contributed by atoms with Gasteiger partial charge in [-0.25, -0.2) is 0 Å². The van der Waals surface area contributed by atoms with E-state index in [0.29, 0.717) is 5.88 Å². The molecule has 0 amide bonds. The van der Waals surface area contributed by atoms with Gasteiger partial charge in [-0.05, 0) is 18.0 Å². The normalized spacial score (nSPS) is 9.70. The van der Waals surface area contributed by atoms with Crippen LogP contribution in [0, 0.1) is 0 Å². The highest BCUT2D eigenvalue weighted by atomic mass is 32.1. The molecule has 56 valence electrons. The van der Waals surface area contributed by atoms with E-state index in [1.54, 1.807) is 5.38 Å². The fraction of sp³-hybridized carbons (Fsp3) is 0.667. The SMILES string of the molecule is CCCCOc1csnn1. The molecule has 0 spiro atoms. The van der Waals surface area contributed by atoms with Crippen molar-refractivity contribution in [2.24, 2.45) is 0 Å². The lowest BCUT2D eigenvalue weighted by Crippen LogP contribution is -1.96. The standard InChI is InChI=1S/C6H10N2OS/c1-2-3-4-9-6-5-10-8-7-6/h5H,2-4H2,1H3. The second kappa shape index (κ2) is 4.22. The van der Waals surface area contributed by atoms with Crippen LogP contribution in [0.2, 0.25) is 0 Å². The fourth-order valence-corrected chi connectivity index (χ4v) is 0.920. The summed E-state index contributed by atoms with van der Waals surface area (Å²) in [6, 6.07) is 0. The molecule has 0 fully saturated rings. The number of rotatable bonds is 4. The average Bonchev–Trinajstić information content (AvgIpc) is 2.41. The molecule has 1 aromatic heterocycles. The van der Waals surface area contributed by atoms with E-state index >= 15 is 0 Å². The molecule has 0 atom stereocenters. The largest absolute Gasteiger partial charge is 0.476 e. The van der Waals surface area contributed by atoms with Gasteiger partial charge in [-0.2, -0.15) is 0 Å². The number of unbranched alkanes of at least 4 members (excludes halogenated alkanes) is 1. The first-order chi connectivity index (χ1) is 4.93. The molecule has 0 aromatic carbocycles. The van der Waals surface area contributed by atoms with Crippen molar-refractivity contribution in [3.8, 4) is 5.88 Å². The van der Waals surface area contributed by atoms with Crippen molar-refractivity contribution >= 4 is 11.5 Å². The fourth-order valence-electron chi connectivity index (χ4n) is 0.540. The molecule has 1 heterocycles. The number of nitrogens with zero attached hydrogens (tertiary/aromatic N) is 2. The van der Waals surface area contributed by atoms with Crippen molar-refractivity contribution < 1.29 is 4.74 Å². The Morgan fingerprint density at radius 2 is 2.60 bits per heavy atom. The van der Waals surface area contributed by atoms with Crippen LogP contribution in [0.3, 0.4) is 0 Å². The zero-order valence-corrected chi connectivity index (χ0v) is 6.73. The van der Waals surface area contributed by atoms with E-state index in [-0.39, 0.29) is 0 Å². The first-order valence-corrected chi connectivity index (χ1v) is 4.17. The second-order valence-electron chi connectivity index (χ2n) is 1.95. The van der Waals surface area contributed by atoms with Gasteiger partial charge in [-0.15, -0.1) is 0 Å². The summed E-state index contributed by atoms with van der Waals surface area (Å²) in [5.41, 5.74) is 0. The van der Waals surface area contributed by atoms with Gasteiger partial charge in [0.05, 0.1) is 12.0 Å². The molecule has 0 aliphatic carbocycles. The molecule has 0 N–H and O–H groups in total. The minimum Gasteiger partial charge on any atom is -0.476 e. The predicted octanol–water partition coefficient (Wildman–Crippen LogP) is 1.72. The zero-order valence-electron chi connectivity index (χ0n) is 5.91. The third-order valence-electron chi connectivity index (χ3n) is 1.09. The quantitative estimate of drug-likeness (QED) is 0.626. The molecule has 0 aliphatic rings. The van der Waals surface area contributed by atoms with Crippen LogP contribution in [-0.4, -0.2) is 16.2 Å². The second-order valence-corrected chi connectivity index (χ2v) is 2.55. The Morgan fingerprint density at radius 3 is 3.20 bits per heavy atom. The number of hydrogen-bond donors (Lipinski definition) is 0. The van der Waals surface area contributed by atoms with Gasteiger partial charge >= 0.3 is 0 Å². The number of aromatic nitrogens is 2. The first-order valence-electron chi connectivity index (χ1n) is 3.33. The van der Waals surface area contributed by atoms with E-state index in [9.17, 15) is 0 Å². The van der Waals surface area contributed by atoms with Crippen molar-refractivity contribution in [1.82, 2.24) is 9.59 Å². The lowest BCUT2D eigenvalue weighted by Gasteiger charge is -1.97. The summed E-state index contributed by atoms with van der Waals surface area (Å²) >= 11 is 1.31. The highest BCUT2D eigenvalue weighted by molar-refractivity contribution is 7.03. The summed E-state index contributed by atoms with van der Waals surface area (Å²) in [5, 5.41) is 5.54. The van der Waals surface area contributed by atoms with Gasteiger partial charge in [0.1, 0.15) is 0 Å². The van der Waals surface area contributed by atoms with Crippen molar-refractivity contribution in [2.45, 2.75) is 19.8 Å². The van der Waals surface area contributed by atoms with Crippen LogP contribution in [0.25, 0.3) is 0 Å². The van der Waals surface area contributed by atoms with E-state index in [4.69, 9.17) is 4.74 Å². The van der Waals surface area contributed by atoms with Gasteiger partial charge < -0.3 is 4.74 Å². The summed E-state index contributed by atoms with van der Waals surface area (Å²) in [4.78, 5) is 0. The van der Waals surface area contributed by atoms with Crippen LogP contribution in [-0.2, 0) is 0 Å². The van der Waals surface area contributed by atoms with Gasteiger partial charge in [0.2, 0.25) is 5.88 Å². The van der Waals surface area contributed by atoms with Crippen molar-refractivity contribution in [3.63, 3.8) is 0 Å². The van der Waals surface area contributed by atoms with E-state index in [2.05, 4.69) is 16.5 Å². The molecule has 10 heavy (non-hydrogen) atoms. The molecule has 0 radical (unpaired) electrons. The third-order valence-corrected chi connectivity index (χ3v) is 1.57. The van der Waals surface area contributed by atoms with Crippen LogP contribution in [0.5, 0.6) is 5.88 Å². The van der Waals surface area contributed by atoms with E-state index in [1.807, 2.05) is 0 Å². The summed E-state index contributed by atoms with van der Waals surface area (Å²) < 4.78 is 8.89. The maximum absolute atomic E-state index is 5.22. The van der Waals surface area contributed by atoms with Gasteiger partial charge in [0.15, 0.2) is 0 Å². The van der Waals surface area contributed by atoms with Crippen molar-refractivity contribution in [2.75, 3.05) is 6.61 Å². The van der Waals surface area contributed by atoms with E-state index in [0.717, 1.165) is 19.4 Å². The molecule has 0 unspecified atom stereocenters. The van der Waals surface area contributed by atoms with Crippen molar-refractivity contribution in [1.29, 1.82) is 0 Å². The molecule has 0 aliphatic heterocycles. The first kappa shape index (κ1) is 7.47. The summed E-state index contributed by atoms with van der Waals surface area (Å²) in [5.74, 6) is 0.651. The van der Waals surface area contributed by atoms with Gasteiger partial charge in [0.25, 0.3) is 0 Å². The van der Waals surface area contributed by atoms with Crippen molar-refractivity contribution in [3.05, 3.63) is 5.38 Å². The molecule has 1 rings (SSSR count). The summed E-state index contributed by atoms with van der Waals surface area (Å²) in [6.07, 6.45) is 2.23. The van der Waals surface area contributed by atoms with Crippen LogP contribution in [0.15, 0.2) is 5.38 Å². The molecule has 0 saturated carbocycles. The van der Waals surface area contributed by atoms with Gasteiger partial charge in [-0.1, -0.05) is 22.9 Å². The molecular weight excluding hydrogens is 148 g/mol. The maximum atomic E-state index is 5.22. The number of ether oxygens (including phenoxy) is 1. The lowest BCUT2D eigenvalue weighted by molar-refractivity contribution is 0.297. The zero-order chi connectivity index (χ0) is 7.23. The van der Waals surface area contributed by atoms with Crippen LogP contribution in [0.4, 0.5) is 0 Å². The highest BCUT2D eigenvalue weighted by Gasteiger charge is 1.93. The average molecular weight is 158 g/mol. The monoisotopic (exact) mass is 158 g/mol. The Balaban J connectivity index is 2.15. The number of hydrogen-bond acceptors (Lipinski definition) is 4. The Kier molecular flexibility index (Phi) is 3.15. The highest BCUT2D eigenvalue weighted by Crippen LogP contribution is 2.06. The molecule has 3 nitrogen and oxygen atoms in total. The Bertz CT molecular complexity index is 164. The maximum Gasteiger partial charge on any atom is 0.246 e. The van der Waals surface area contributed by atoms with E-state index in [1.165, 1.54) is 11.5 Å². The Morgan fingerprint density at radius 1 is 1.70 bits per heavy atom. The molecule has 0 bridgehead atoms. The minimum absolute atomic E-state index is 0.651. The minimum atomic E-state index is 0.651. The smallest absolute Gasteiger partial charge is 0.246 e. The van der Waals surface area contributed by atoms with Crippen LogP contribution in [0.1, 0.15) is 19.8 Å². The lowest BCUT2D eigenvalue weighted by atomic mass is 10.4. The molecule has 1 aromatic rings. The summed E-state index contributed by atoms with van der Waals surface area (Å²) in [6.45, 7) is 2.88. The predicted molar refractivity (Wildman–Crippen MR) is 40.3 cm³/mol. The molecule has 0 saturated heterocycles. The van der Waals surface area contributed by atoms with Gasteiger partial charge in [-0.3, -0.25) is 0 Å². The topological polar surface area (TPSA) is 35.0 Å². The molecular formula is C6H10N2OS. The molecule has 4 heteroatoms. The third kappa shape index (κ3) is 2.31.